The monoisotopic (exact) mass is 257 g/mol. The van der Waals surface area contributed by atoms with Crippen molar-refractivity contribution < 1.29 is 9.32 Å². The number of aromatic nitrogens is 2. The van der Waals surface area contributed by atoms with Gasteiger partial charge < -0.3 is 9.84 Å². The highest BCUT2D eigenvalue weighted by Crippen LogP contribution is 2.26. The fraction of sp³-hybridized carbons (Fsp3) is 0.357. The molecule has 3 rings (SSSR count). The Morgan fingerprint density at radius 2 is 2.21 bits per heavy atom. The van der Waals surface area contributed by atoms with Crippen molar-refractivity contribution in [3.05, 3.63) is 35.3 Å². The van der Waals surface area contributed by atoms with Crippen LogP contribution in [0.15, 0.2) is 22.9 Å². The minimum atomic E-state index is -0.0436. The van der Waals surface area contributed by atoms with Gasteiger partial charge in [0.15, 0.2) is 0 Å². The fourth-order valence-corrected chi connectivity index (χ4v) is 2.05. The third-order valence-electron chi connectivity index (χ3n) is 3.22. The Bertz CT molecular complexity index is 610. The minimum Gasteiger partial charge on any atom is -0.361 e. The van der Waals surface area contributed by atoms with E-state index in [1.807, 2.05) is 13.8 Å². The maximum atomic E-state index is 12.0. The molecule has 2 heterocycles. The summed E-state index contributed by atoms with van der Waals surface area (Å²) in [5.74, 6) is 0.669. The van der Waals surface area contributed by atoms with Crippen LogP contribution >= 0.6 is 0 Å². The van der Waals surface area contributed by atoms with Crippen LogP contribution in [0, 0.1) is 13.8 Å². The standard InChI is InChI=1S/C14H15N3O2/c1-8-13(9(2)19-17-8)12-7-10(5-6-15-12)14(18)16-11-3-4-11/h5-7,11H,3-4H2,1-2H3,(H,16,18). The summed E-state index contributed by atoms with van der Waals surface area (Å²) in [6.45, 7) is 3.71. The van der Waals surface area contributed by atoms with Crippen LogP contribution in [0.2, 0.25) is 0 Å². The van der Waals surface area contributed by atoms with Gasteiger partial charge in [0.05, 0.1) is 17.0 Å². The van der Waals surface area contributed by atoms with Gasteiger partial charge in [-0.05, 0) is 38.8 Å². The van der Waals surface area contributed by atoms with Gasteiger partial charge in [-0.3, -0.25) is 9.78 Å². The molecule has 98 valence electrons. The zero-order valence-electron chi connectivity index (χ0n) is 10.9. The van der Waals surface area contributed by atoms with Gasteiger partial charge in [0, 0.05) is 17.8 Å². The molecule has 1 aliphatic carbocycles. The molecule has 2 aromatic rings. The first-order valence-corrected chi connectivity index (χ1v) is 6.35. The van der Waals surface area contributed by atoms with E-state index < -0.39 is 0 Å². The Hall–Kier alpha value is -2.17. The first-order chi connectivity index (χ1) is 9.15. The van der Waals surface area contributed by atoms with Crippen LogP contribution in [0.1, 0.15) is 34.7 Å². The molecule has 1 aliphatic rings. The molecule has 0 radical (unpaired) electrons. The number of nitrogens with one attached hydrogen (secondary N) is 1. The van der Waals surface area contributed by atoms with E-state index in [1.54, 1.807) is 18.3 Å². The molecule has 0 aliphatic heterocycles. The second-order valence-corrected chi connectivity index (χ2v) is 4.88. The highest BCUT2D eigenvalue weighted by molar-refractivity contribution is 5.95. The van der Waals surface area contributed by atoms with E-state index in [-0.39, 0.29) is 5.91 Å². The summed E-state index contributed by atoms with van der Waals surface area (Å²) in [5.41, 5.74) is 2.99. The predicted molar refractivity (Wildman–Crippen MR) is 69.7 cm³/mol. The molecule has 1 amide bonds. The maximum Gasteiger partial charge on any atom is 0.251 e. The Morgan fingerprint density at radius 1 is 1.42 bits per heavy atom. The number of carbonyl (C=O) groups excluding carboxylic acids is 1. The van der Waals surface area contributed by atoms with E-state index in [9.17, 15) is 4.79 Å². The molecule has 0 aromatic carbocycles. The number of amides is 1. The van der Waals surface area contributed by atoms with Crippen molar-refractivity contribution in [3.63, 3.8) is 0 Å². The van der Waals surface area contributed by atoms with E-state index in [4.69, 9.17) is 4.52 Å². The van der Waals surface area contributed by atoms with E-state index in [0.29, 0.717) is 17.4 Å². The lowest BCUT2D eigenvalue weighted by molar-refractivity contribution is 0.0951. The molecule has 0 saturated heterocycles. The van der Waals surface area contributed by atoms with Crippen molar-refractivity contribution >= 4 is 5.91 Å². The second kappa shape index (κ2) is 4.50. The van der Waals surface area contributed by atoms with Gasteiger partial charge in [-0.1, -0.05) is 5.16 Å². The number of hydrogen-bond donors (Lipinski definition) is 1. The smallest absolute Gasteiger partial charge is 0.251 e. The van der Waals surface area contributed by atoms with Crippen LogP contribution in [-0.2, 0) is 0 Å². The van der Waals surface area contributed by atoms with Crippen LogP contribution in [0.25, 0.3) is 11.3 Å². The largest absolute Gasteiger partial charge is 0.361 e. The van der Waals surface area contributed by atoms with Crippen LogP contribution in [0.3, 0.4) is 0 Å². The lowest BCUT2D eigenvalue weighted by atomic mass is 10.1. The van der Waals surface area contributed by atoms with Crippen molar-refractivity contribution in [1.82, 2.24) is 15.5 Å². The third-order valence-corrected chi connectivity index (χ3v) is 3.22. The third kappa shape index (κ3) is 2.36. The Balaban J connectivity index is 1.93. The minimum absolute atomic E-state index is 0.0436. The Kier molecular flexibility index (Phi) is 2.81. The molecule has 1 saturated carbocycles. The summed E-state index contributed by atoms with van der Waals surface area (Å²) in [5, 5.41) is 6.88. The highest BCUT2D eigenvalue weighted by Gasteiger charge is 2.24. The number of carbonyl (C=O) groups is 1. The second-order valence-electron chi connectivity index (χ2n) is 4.88. The van der Waals surface area contributed by atoms with Gasteiger partial charge in [-0.15, -0.1) is 0 Å². The number of aryl methyl sites for hydroxylation is 2. The zero-order valence-corrected chi connectivity index (χ0v) is 10.9. The molecule has 5 heteroatoms. The number of rotatable bonds is 3. The molecule has 0 bridgehead atoms. The van der Waals surface area contributed by atoms with Gasteiger partial charge in [0.1, 0.15) is 5.76 Å². The highest BCUT2D eigenvalue weighted by atomic mass is 16.5. The molecule has 5 nitrogen and oxygen atoms in total. The first-order valence-electron chi connectivity index (χ1n) is 6.35. The predicted octanol–water partition coefficient (Wildman–Crippen LogP) is 2.25. The topological polar surface area (TPSA) is 68.0 Å². The maximum absolute atomic E-state index is 12.0. The number of pyridine rings is 1. The SMILES string of the molecule is Cc1noc(C)c1-c1cc(C(=O)NC2CC2)ccn1. The zero-order chi connectivity index (χ0) is 13.4. The summed E-state index contributed by atoms with van der Waals surface area (Å²) in [7, 11) is 0. The van der Waals surface area contributed by atoms with Gasteiger partial charge in [-0.2, -0.15) is 0 Å². The van der Waals surface area contributed by atoms with E-state index >= 15 is 0 Å². The Morgan fingerprint density at radius 3 is 2.84 bits per heavy atom. The van der Waals surface area contributed by atoms with Crippen LogP contribution in [0.5, 0.6) is 0 Å². The summed E-state index contributed by atoms with van der Waals surface area (Å²) in [6.07, 6.45) is 3.80. The summed E-state index contributed by atoms with van der Waals surface area (Å²) in [4.78, 5) is 16.3. The quantitative estimate of drug-likeness (QED) is 0.915. The number of nitrogens with zero attached hydrogens (tertiary/aromatic N) is 2. The molecule has 19 heavy (non-hydrogen) atoms. The molecule has 1 N–H and O–H groups in total. The first kappa shape index (κ1) is 11.9. The molecular weight excluding hydrogens is 242 g/mol. The molecular formula is C14H15N3O2. The summed E-state index contributed by atoms with van der Waals surface area (Å²) in [6, 6.07) is 3.85. The molecule has 0 atom stereocenters. The van der Waals surface area contributed by atoms with Gasteiger partial charge >= 0.3 is 0 Å². The van der Waals surface area contributed by atoms with E-state index in [0.717, 1.165) is 29.8 Å². The molecule has 0 spiro atoms. The van der Waals surface area contributed by atoms with Crippen molar-refractivity contribution in [2.75, 3.05) is 0 Å². The van der Waals surface area contributed by atoms with Crippen LogP contribution in [0.4, 0.5) is 0 Å². The van der Waals surface area contributed by atoms with Gasteiger partial charge in [-0.25, -0.2) is 0 Å². The number of hydrogen-bond acceptors (Lipinski definition) is 4. The average Bonchev–Trinajstić information content (AvgIpc) is 3.15. The normalized spacial score (nSPS) is 14.4. The van der Waals surface area contributed by atoms with Crippen LogP contribution in [-0.4, -0.2) is 22.1 Å². The van der Waals surface area contributed by atoms with Crippen molar-refractivity contribution in [1.29, 1.82) is 0 Å². The lowest BCUT2D eigenvalue weighted by Crippen LogP contribution is -2.25. The van der Waals surface area contributed by atoms with Crippen LogP contribution < -0.4 is 5.32 Å². The molecule has 2 aromatic heterocycles. The van der Waals surface area contributed by atoms with Crippen molar-refractivity contribution in [2.45, 2.75) is 32.7 Å². The molecule has 1 fully saturated rings. The molecule has 0 unspecified atom stereocenters. The van der Waals surface area contributed by atoms with Gasteiger partial charge in [0.2, 0.25) is 0 Å². The van der Waals surface area contributed by atoms with Gasteiger partial charge in [0.25, 0.3) is 5.91 Å². The van der Waals surface area contributed by atoms with Crippen molar-refractivity contribution in [2.24, 2.45) is 0 Å². The van der Waals surface area contributed by atoms with E-state index in [2.05, 4.69) is 15.5 Å². The summed E-state index contributed by atoms with van der Waals surface area (Å²) < 4.78 is 5.13. The van der Waals surface area contributed by atoms with E-state index in [1.165, 1.54) is 0 Å². The average molecular weight is 257 g/mol. The summed E-state index contributed by atoms with van der Waals surface area (Å²) >= 11 is 0. The Labute approximate surface area is 111 Å². The van der Waals surface area contributed by atoms with Crippen molar-refractivity contribution in [3.8, 4) is 11.3 Å². The fourth-order valence-electron chi connectivity index (χ4n) is 2.05. The lowest BCUT2D eigenvalue weighted by Gasteiger charge is -2.05.